The average Bonchev–Trinajstić information content (AvgIpc) is 1.76. The molecular weight excluding hydrogens is 2410 g/mol. The Kier molecular flexibility index (Phi) is 63.1. The summed E-state index contributed by atoms with van der Waals surface area (Å²) in [7, 11) is 9.63. The number of hydrazine groups is 3. The molecule has 14 aliphatic rings. The summed E-state index contributed by atoms with van der Waals surface area (Å²) in [6.45, 7) is 48.8. The number of hydrogen-bond acceptors (Lipinski definition) is 34. The molecule has 7 aromatic heterocycles. The monoisotopic (exact) mass is 2540 g/mol. The third-order valence-corrected chi connectivity index (χ3v) is 21.5. The van der Waals surface area contributed by atoms with E-state index in [1.54, 1.807) is 79.3 Å². The molecule has 4 unspecified atom stereocenters. The molecule has 48 nitrogen and oxygen atoms in total. The molecule has 0 aliphatic carbocycles. The minimum Gasteiger partial charge on any atom is -0.509 e. The second-order valence-electron chi connectivity index (χ2n) is 28.6. The normalized spacial score (nSPS) is 17.9. The van der Waals surface area contributed by atoms with Crippen molar-refractivity contribution in [1.82, 2.24) is 118 Å². The van der Waals surface area contributed by atoms with Crippen molar-refractivity contribution in [3.8, 4) is 40.2 Å². The zero-order valence-electron chi connectivity index (χ0n) is 85.5. The van der Waals surface area contributed by atoms with E-state index >= 15 is 0 Å². The van der Waals surface area contributed by atoms with Crippen LogP contribution in [-0.4, -0.2) is 326 Å². The molecule has 7 saturated heterocycles. The van der Waals surface area contributed by atoms with Crippen molar-refractivity contribution in [1.29, 1.82) is 0 Å². The van der Waals surface area contributed by atoms with Crippen molar-refractivity contribution in [3.05, 3.63) is 201 Å². The summed E-state index contributed by atoms with van der Waals surface area (Å²) in [6, 6.07) is -0.0480. The van der Waals surface area contributed by atoms with E-state index in [1.165, 1.54) is 88.7 Å². The van der Waals surface area contributed by atoms with Crippen LogP contribution in [-0.2, 0) is 243 Å². The predicted octanol–water partition coefficient (Wildman–Crippen LogP) is 3.37. The van der Waals surface area contributed by atoms with E-state index in [-0.39, 0.29) is 384 Å². The number of amides is 7. The minimum atomic E-state index is -0.418. The first-order chi connectivity index (χ1) is 66.5. The number of nitrogens with zero attached hydrogens (tertiary/aromatic N) is 24. The van der Waals surface area contributed by atoms with Gasteiger partial charge in [-0.3, -0.25) is 97.2 Å². The molecule has 0 spiro atoms. The molecule has 21 heterocycles. The molecule has 0 aromatic carbocycles. The first-order valence-electron chi connectivity index (χ1n) is 45.9. The Labute approximate surface area is 1010 Å². The van der Waals surface area contributed by atoms with E-state index in [9.17, 15) is 67.1 Å². The molecule has 7 aromatic rings. The van der Waals surface area contributed by atoms with Crippen molar-refractivity contribution >= 4 is 41.4 Å². The van der Waals surface area contributed by atoms with Crippen LogP contribution >= 0.6 is 0 Å². The van der Waals surface area contributed by atoms with Gasteiger partial charge < -0.3 is 99.7 Å². The van der Waals surface area contributed by atoms with Crippen LogP contribution in [0.1, 0.15) is 222 Å². The van der Waals surface area contributed by atoms with Gasteiger partial charge in [-0.2, -0.15) is 0 Å². The van der Waals surface area contributed by atoms with E-state index in [0.717, 1.165) is 115 Å². The second-order valence-corrected chi connectivity index (χ2v) is 28.6. The molecule has 0 saturated carbocycles. The number of fused-ring (bicyclic) bond motifs is 14. The number of carbonyl (C=O) groups excluding carboxylic acids is 7. The summed E-state index contributed by atoms with van der Waals surface area (Å²) in [4.78, 5) is 174. The fraction of sp³-hybridized carbons (Fsp3) is 0.528. The average molecular weight is 2540 g/mol. The third-order valence-electron chi connectivity index (χ3n) is 21.5. The van der Waals surface area contributed by atoms with Gasteiger partial charge in [0.25, 0.3) is 0 Å². The molecule has 0 bridgehead atoms. The summed E-state index contributed by atoms with van der Waals surface area (Å²) in [5.74, 6) is -1.40. The van der Waals surface area contributed by atoms with E-state index in [1.807, 2.05) is 113 Å². The molecule has 7 radical (unpaired) electrons. The third kappa shape index (κ3) is 30.3. The molecule has 14 aliphatic heterocycles. The molecule has 0 N–H and O–H groups in total. The fourth-order valence-electron chi connectivity index (χ4n) is 15.7. The van der Waals surface area contributed by atoms with Gasteiger partial charge in [0.15, 0.2) is 23.6 Å². The van der Waals surface area contributed by atoms with Crippen LogP contribution in [0.15, 0.2) is 76.9 Å². The maximum Gasteiger partial charge on any atom is 0.224 e. The van der Waals surface area contributed by atoms with Crippen LogP contribution in [0.2, 0.25) is 0 Å². The quantitative estimate of drug-likeness (QED) is 0.206. The SMILES string of the molecule is CC.CC.CC.CC.CC.CC.CC.COc1c2n(ncc1=O)[CH-]C1CCCN1C2=O.COc1c2n(ncc1=O)[CH-]C1COCCN1C2=O.COc1c2n(ncc1=O)[CH-]C1OCCCN1C2=O.COc1c2n(ncc1=O)[CH-]C1OCCN1C2=O.COc1c2n(ncc1=O)[CH-]N1CCCCN1C2=O.COc1c2n(ncc1=O)[CH-]N1CCCCN1C2=O.COc1c2n(ncc1=O)[CH-]N1CCCN1C2=O.[Y].[Y].[Y].[Y].[Y].[Y].[Y]. The Morgan fingerprint density at radius 3 is 0.826 bits per heavy atom. The van der Waals surface area contributed by atoms with Gasteiger partial charge in [0, 0.05) is 353 Å². The van der Waals surface area contributed by atoms with Crippen molar-refractivity contribution in [2.45, 2.75) is 173 Å². The van der Waals surface area contributed by atoms with E-state index < -0.39 is 28.7 Å². The molecule has 144 heavy (non-hydrogen) atoms. The summed E-state index contributed by atoms with van der Waals surface area (Å²) < 4.78 is 61.0. The van der Waals surface area contributed by atoms with Gasteiger partial charge in [0.05, 0.1) is 113 Å². The fourth-order valence-corrected chi connectivity index (χ4v) is 15.7. The van der Waals surface area contributed by atoms with Crippen molar-refractivity contribution in [2.75, 3.05) is 142 Å². The molecular formula is C89H125N24O24Y7-7. The number of hydrogen-bond donors (Lipinski definition) is 0. The number of ether oxygens (including phenoxy) is 10. The number of morpholine rings is 1. The zero-order valence-corrected chi connectivity index (χ0v) is 105. The van der Waals surface area contributed by atoms with Crippen LogP contribution < -0.4 is 71.2 Å². The van der Waals surface area contributed by atoms with E-state index in [2.05, 4.69) is 35.7 Å². The minimum absolute atomic E-state index is 0. The molecule has 7 fully saturated rings. The van der Waals surface area contributed by atoms with E-state index in [0.29, 0.717) is 65.7 Å². The first kappa shape index (κ1) is 136. The van der Waals surface area contributed by atoms with Gasteiger partial charge in [0.2, 0.25) is 55.7 Å². The van der Waals surface area contributed by atoms with Crippen LogP contribution in [0, 0.1) is 46.2 Å². The Morgan fingerprint density at radius 1 is 0.257 bits per heavy atom. The van der Waals surface area contributed by atoms with Crippen molar-refractivity contribution in [3.63, 3.8) is 0 Å². The number of aromatic nitrogens is 14. The van der Waals surface area contributed by atoms with Gasteiger partial charge in [-0.05, 0) is 51.4 Å². The largest absolute Gasteiger partial charge is 0.509 e. The maximum atomic E-state index is 12.4. The summed E-state index contributed by atoms with van der Waals surface area (Å²) in [6.07, 6.45) is 14.8. The Hall–Kier alpha value is -6.37. The summed E-state index contributed by atoms with van der Waals surface area (Å²) in [5.41, 5.74) is -1.38. The van der Waals surface area contributed by atoms with Crippen LogP contribution in [0.5, 0.6) is 40.2 Å². The summed E-state index contributed by atoms with van der Waals surface area (Å²) >= 11 is 0. The zero-order chi connectivity index (χ0) is 101. The van der Waals surface area contributed by atoms with Gasteiger partial charge in [-0.1, -0.05) is 130 Å². The number of carbonyl (C=O) groups is 7. The van der Waals surface area contributed by atoms with Crippen LogP contribution in [0.25, 0.3) is 0 Å². The second kappa shape index (κ2) is 67.0. The van der Waals surface area contributed by atoms with Gasteiger partial charge in [-0.25, -0.2) is 35.7 Å². The van der Waals surface area contributed by atoms with Crippen LogP contribution in [0.3, 0.4) is 0 Å². The molecule has 55 heteroatoms. The Bertz CT molecular complexity index is 5190. The number of methoxy groups -OCH3 is 7. The smallest absolute Gasteiger partial charge is 0.224 e. The standard InChI is InChI=1S/2C11H13N4O3.2C11H12N3O4.C11H12N3O3.C10H11N4O3.C10H10N3O4.7C2H6.7Y/c2*1-18-10-8(16)6-12-14-7-13-4-2-3-5-15(13)11(17)9(10)14;1-17-10-8(15)4-12-14-5-7-6-18-3-2-13(7)11(16)9(10)14;1-17-10-7(15)5-12-14-6-8-13(3-2-4-18-8)11(16)9(10)14;1-17-10-8(15)5-12-14-6-7-3-2-4-13(7)11(16)9(10)14;1-17-9-7(15)5-11-13-6-12-3-2-4-14(12)10(16)8(9)13;1-16-9-6(14)4-11-13-5-7-12(2-3-17-7)10(15)8(9)13;7*1-2;;;;;;;/h2*6-7H,2-5H2,1H3;4-5,7H,2-3,6H2,1H3;5-6,8H,2-4H2,1H3;5-7H,2-4H2,1H3;5-6H,2-4H2,1H3;4-5,7H,2-3H2,1H3;7*1-2H3;;;;;;;/q7*-1;;;;;;;;;;;;;;. The summed E-state index contributed by atoms with van der Waals surface area (Å²) in [5, 5.41) is 37.8. The van der Waals surface area contributed by atoms with Gasteiger partial charge >= 0.3 is 0 Å². The van der Waals surface area contributed by atoms with E-state index in [4.69, 9.17) is 47.4 Å². The van der Waals surface area contributed by atoms with Gasteiger partial charge in [-0.15, -0.1) is 13.1 Å². The maximum absolute atomic E-state index is 12.4. The number of rotatable bonds is 7. The van der Waals surface area contributed by atoms with Crippen LogP contribution in [0.4, 0.5) is 0 Å². The Balaban J connectivity index is 0.000000816. The van der Waals surface area contributed by atoms with Crippen molar-refractivity contribution < 1.29 is 310 Å². The topological polar surface area (TPSA) is 488 Å². The Morgan fingerprint density at radius 2 is 0.500 bits per heavy atom. The van der Waals surface area contributed by atoms with Gasteiger partial charge in [0.1, 0.15) is 52.7 Å². The molecule has 21 rings (SSSR count). The molecule has 773 valence electrons. The molecule has 7 amide bonds. The predicted molar refractivity (Wildman–Crippen MR) is 495 cm³/mol. The molecule has 4 atom stereocenters. The van der Waals surface area contributed by atoms with Crippen molar-refractivity contribution in [2.24, 2.45) is 0 Å². The first-order valence-corrected chi connectivity index (χ1v) is 45.9.